The second kappa shape index (κ2) is 78.5. The largest absolute Gasteiger partial charge is 0.480 e. The highest BCUT2D eigenvalue weighted by molar-refractivity contribution is 6.09. The highest BCUT2D eigenvalue weighted by Gasteiger charge is 1.94. The summed E-state index contributed by atoms with van der Waals surface area (Å²) in [5, 5.41) is 8.10. The predicted molar refractivity (Wildman–Crippen MR) is 108 cm³/mol. The van der Waals surface area contributed by atoms with E-state index in [9.17, 15) is 4.79 Å². The van der Waals surface area contributed by atoms with Gasteiger partial charge in [-0.1, -0.05) is 0 Å². The number of hydrogen-bond donors (Lipinski definition) is 1. The lowest BCUT2D eigenvalue weighted by atomic mass is 10.7. The van der Waals surface area contributed by atoms with E-state index in [4.69, 9.17) is 29.0 Å². The maximum atomic E-state index is 9.87. The molecule has 0 aromatic carbocycles. The number of hydrogen-bond acceptors (Lipinski definition) is 7. The van der Waals surface area contributed by atoms with Gasteiger partial charge >= 0.3 is 5.97 Å². The molecule has 0 aromatic heterocycles. The van der Waals surface area contributed by atoms with Gasteiger partial charge in [-0.05, 0) is 39.8 Å². The summed E-state index contributed by atoms with van der Waals surface area (Å²) in [5.74, 6) is -0.948. The van der Waals surface area contributed by atoms with E-state index in [-0.39, 0.29) is 86.6 Å². The molecule has 0 rings (SSSR count). The predicted octanol–water partition coefficient (Wildman–Crippen LogP) is -8.76. The highest BCUT2D eigenvalue weighted by Crippen LogP contribution is 1.77. The molecule has 0 aliphatic heterocycles. The van der Waals surface area contributed by atoms with Crippen LogP contribution in [0.25, 0.3) is 0 Å². The molecule has 0 bridgehead atoms. The first-order valence-corrected chi connectivity index (χ1v) is 4.75. The molecule has 0 unspecified atom stereocenters. The van der Waals surface area contributed by atoms with Gasteiger partial charge in [0, 0.05) is 6.61 Å². The van der Waals surface area contributed by atoms with Crippen molar-refractivity contribution >= 4 is 64.0 Å². The minimum atomic E-state index is -0.948. The number of aliphatic carboxylic acids is 1. The van der Waals surface area contributed by atoms with Gasteiger partial charge in [-0.3, -0.25) is 19.2 Å². The summed E-state index contributed by atoms with van der Waals surface area (Å²) in [6.45, 7) is 3.07. The van der Waals surface area contributed by atoms with Crippen molar-refractivity contribution in [3.05, 3.63) is 0 Å². The maximum absolute atomic E-state index is 9.87. The molecule has 0 aliphatic carbocycles. The maximum Gasteiger partial charge on any atom is 0.329 e. The number of carbonyl (C=O) groups excluding carboxylic acids is 4. The standard InChI is InChI=1S/C6H12O4.2C2H2O2.4H2O.3H4Si/c1-2-9-3-4-10-5-6(7)8;2*3-1-2-4;;;;;;;/h2-5H2,1H3,(H,7,8);2*1-2H;4*1H2;3*1H4. The highest BCUT2D eigenvalue weighted by atomic mass is 28.1. The van der Waals surface area contributed by atoms with Crippen LogP contribution in [0.15, 0.2) is 0 Å². The monoisotopic (exact) mass is 432 g/mol. The van der Waals surface area contributed by atoms with Crippen molar-refractivity contribution in [3.8, 4) is 0 Å². The SMILES string of the molecule is CCOCCOCC(=O)O.O.O.O.O.O=CC=O.O=CC=O.[SiH4].[SiH4].[SiH4]. The third-order valence-electron chi connectivity index (χ3n) is 0.913. The van der Waals surface area contributed by atoms with Crippen LogP contribution in [-0.2, 0) is 33.4 Å². The molecule has 0 amide bonds. The van der Waals surface area contributed by atoms with Crippen LogP contribution in [0.4, 0.5) is 0 Å². The zero-order valence-corrected chi connectivity index (χ0v) is 11.9. The van der Waals surface area contributed by atoms with Gasteiger partial charge in [-0.25, -0.2) is 4.79 Å². The minimum absolute atomic E-state index is 0. The number of aldehydes is 4. The minimum Gasteiger partial charge on any atom is -0.480 e. The quantitative estimate of drug-likeness (QED) is 0.166. The van der Waals surface area contributed by atoms with E-state index in [1.54, 1.807) is 0 Å². The van der Waals surface area contributed by atoms with Gasteiger partial charge in [0.25, 0.3) is 0 Å². The van der Waals surface area contributed by atoms with Crippen LogP contribution in [0.5, 0.6) is 0 Å². The summed E-state index contributed by atoms with van der Waals surface area (Å²) < 4.78 is 9.57. The van der Waals surface area contributed by atoms with E-state index in [1.807, 2.05) is 6.92 Å². The Morgan fingerprint density at radius 3 is 1.24 bits per heavy atom. The van der Waals surface area contributed by atoms with Crippen molar-refractivity contribution in [1.29, 1.82) is 0 Å². The van der Waals surface area contributed by atoms with Crippen LogP contribution in [-0.4, -0.2) is 117 Å². The summed E-state index contributed by atoms with van der Waals surface area (Å²) in [7, 11) is 0. The lowest BCUT2D eigenvalue weighted by Gasteiger charge is -1.99. The number of carboxylic acid groups (broad SMARTS) is 1. The van der Waals surface area contributed by atoms with Crippen molar-refractivity contribution in [2.24, 2.45) is 0 Å². The third kappa shape index (κ3) is 167. The van der Waals surface area contributed by atoms with Gasteiger partial charge in [0.05, 0.1) is 13.2 Å². The Hall–Kier alpha value is -1.44. The van der Waals surface area contributed by atoms with Gasteiger partial charge in [-0.15, -0.1) is 0 Å². The Labute approximate surface area is 158 Å². The molecule has 15 heteroatoms. The van der Waals surface area contributed by atoms with Crippen molar-refractivity contribution in [3.63, 3.8) is 0 Å². The molecular weight excluding hydrogens is 396 g/mol. The summed E-state index contributed by atoms with van der Waals surface area (Å²) in [5.41, 5.74) is 0. The Morgan fingerprint density at radius 1 is 0.760 bits per heavy atom. The molecule has 9 N–H and O–H groups in total. The average Bonchev–Trinajstić information content (AvgIpc) is 2.39. The molecule has 0 saturated carbocycles. The number of rotatable bonds is 8. The first kappa shape index (κ1) is 65.2. The Bertz CT molecular complexity index is 219. The summed E-state index contributed by atoms with van der Waals surface area (Å²) >= 11 is 0. The number of ether oxygens (including phenoxy) is 2. The van der Waals surface area contributed by atoms with Crippen LogP contribution < -0.4 is 0 Å². The van der Waals surface area contributed by atoms with E-state index in [0.29, 0.717) is 19.8 Å². The fraction of sp³-hybridized carbons (Fsp3) is 0.500. The topological polar surface area (TPSA) is 250 Å². The zero-order chi connectivity index (χ0) is 14.6. The normalized spacial score (nSPS) is 5.48. The van der Waals surface area contributed by atoms with Crippen LogP contribution in [0, 0.1) is 0 Å². The van der Waals surface area contributed by atoms with E-state index < -0.39 is 5.97 Å². The molecule has 0 heterocycles. The smallest absolute Gasteiger partial charge is 0.329 e. The van der Waals surface area contributed by atoms with Crippen molar-refractivity contribution in [2.45, 2.75) is 6.92 Å². The number of carbonyl (C=O) groups is 5. The molecule has 0 saturated heterocycles. The first-order valence-electron chi connectivity index (χ1n) is 4.75. The van der Waals surface area contributed by atoms with Crippen LogP contribution in [0.1, 0.15) is 6.92 Å². The molecule has 0 aromatic rings. The Kier molecular flexibility index (Phi) is 205. The average molecular weight is 433 g/mol. The lowest BCUT2D eigenvalue weighted by molar-refractivity contribution is -0.142. The zero-order valence-electron chi connectivity index (χ0n) is 11.9. The molecular formula is C10H36O12Si3. The van der Waals surface area contributed by atoms with Crippen LogP contribution in [0.2, 0.25) is 0 Å². The first-order chi connectivity index (χ1) is 8.60. The van der Waals surface area contributed by atoms with Gasteiger partial charge in [0.15, 0.2) is 25.1 Å². The summed E-state index contributed by atoms with van der Waals surface area (Å²) in [4.78, 5) is 45.1. The van der Waals surface area contributed by atoms with Gasteiger partial charge in [-0.2, -0.15) is 0 Å². The van der Waals surface area contributed by atoms with Gasteiger partial charge in [0.1, 0.15) is 6.61 Å². The van der Waals surface area contributed by atoms with Crippen LogP contribution >= 0.6 is 0 Å². The fourth-order valence-corrected chi connectivity index (χ4v) is 0.422. The molecule has 0 spiro atoms. The van der Waals surface area contributed by atoms with Crippen molar-refractivity contribution in [1.82, 2.24) is 0 Å². The number of carboxylic acids is 1. The van der Waals surface area contributed by atoms with Gasteiger partial charge in [0.2, 0.25) is 0 Å². The molecule has 0 atom stereocenters. The molecule has 0 aliphatic rings. The van der Waals surface area contributed by atoms with E-state index in [2.05, 4.69) is 4.74 Å². The lowest BCUT2D eigenvalue weighted by Crippen LogP contribution is -2.11. The molecule has 0 fully saturated rings. The molecule has 0 radical (unpaired) electrons. The third-order valence-corrected chi connectivity index (χ3v) is 0.913. The van der Waals surface area contributed by atoms with E-state index >= 15 is 0 Å². The van der Waals surface area contributed by atoms with Gasteiger partial charge < -0.3 is 36.5 Å². The molecule has 160 valence electrons. The summed E-state index contributed by atoms with van der Waals surface area (Å²) in [6, 6.07) is 0. The van der Waals surface area contributed by atoms with E-state index in [1.165, 1.54) is 0 Å². The Balaban J connectivity index is -0.0000000166. The Morgan fingerprint density at radius 2 is 1.04 bits per heavy atom. The molecule has 25 heavy (non-hydrogen) atoms. The second-order valence-corrected chi connectivity index (χ2v) is 2.19. The van der Waals surface area contributed by atoms with E-state index in [0.717, 1.165) is 0 Å². The van der Waals surface area contributed by atoms with Crippen LogP contribution in [0.3, 0.4) is 0 Å². The molecule has 12 nitrogen and oxygen atoms in total. The van der Waals surface area contributed by atoms with Crippen molar-refractivity contribution < 1.29 is 60.5 Å². The summed E-state index contributed by atoms with van der Waals surface area (Å²) in [6.07, 6.45) is 0.778. The fourth-order valence-electron chi connectivity index (χ4n) is 0.422. The second-order valence-electron chi connectivity index (χ2n) is 2.19. The van der Waals surface area contributed by atoms with Crippen molar-refractivity contribution in [2.75, 3.05) is 26.4 Å².